The summed E-state index contributed by atoms with van der Waals surface area (Å²) in [6.45, 7) is 2.53. The van der Waals surface area contributed by atoms with Gasteiger partial charge in [0, 0.05) is 51.4 Å². The normalized spacial score (nSPS) is 18.1. The van der Waals surface area contributed by atoms with Gasteiger partial charge in [-0.25, -0.2) is 8.42 Å². The third kappa shape index (κ3) is 6.88. The second-order valence-electron chi connectivity index (χ2n) is 9.12. The molecule has 0 radical (unpaired) electrons. The molecule has 2 aliphatic rings. The van der Waals surface area contributed by atoms with Crippen molar-refractivity contribution in [1.29, 1.82) is 0 Å². The van der Waals surface area contributed by atoms with E-state index in [1.165, 1.54) is 12.1 Å². The number of rotatable bonds is 8. The SMILES string of the molecule is CN1CCN(C(=O)[C@H](CNC(=O)c2ccc(Cl)s2)NS(=O)(=O)c2cccc(N3CCCCC3=O)c2)CC1. The maximum Gasteiger partial charge on any atom is 0.261 e. The first kappa shape index (κ1) is 27.5. The maximum absolute atomic E-state index is 13.4. The van der Waals surface area contributed by atoms with Crippen molar-refractivity contribution in [3.8, 4) is 0 Å². The minimum absolute atomic E-state index is 0.0479. The lowest BCUT2D eigenvalue weighted by molar-refractivity contribution is -0.134. The van der Waals surface area contributed by atoms with Crippen molar-refractivity contribution in [2.24, 2.45) is 0 Å². The van der Waals surface area contributed by atoms with Crippen LogP contribution in [0.5, 0.6) is 0 Å². The standard InChI is InChI=1S/C24H30ClN5O5S2/c1-28-11-13-29(14-12-28)24(33)19(16-26-23(32)20-8-9-21(25)36-20)27-37(34,35)18-6-4-5-17(15-18)30-10-3-2-7-22(30)31/h4-6,8-9,15,19,27H,2-3,7,10-14,16H2,1H3,(H,26,32)/t19-/m0/s1. The molecule has 0 unspecified atom stereocenters. The molecule has 2 aromatic rings. The predicted octanol–water partition coefficient (Wildman–Crippen LogP) is 1.77. The molecule has 1 atom stereocenters. The summed E-state index contributed by atoms with van der Waals surface area (Å²) in [4.78, 5) is 43.9. The first-order chi connectivity index (χ1) is 17.6. The number of nitrogens with one attached hydrogen (secondary N) is 2. The van der Waals surface area contributed by atoms with Crippen LogP contribution in [0.15, 0.2) is 41.3 Å². The Kier molecular flexibility index (Phi) is 8.86. The number of nitrogens with zero attached hydrogens (tertiary/aromatic N) is 3. The molecular formula is C24H30ClN5O5S2. The Morgan fingerprint density at radius 3 is 2.51 bits per heavy atom. The molecule has 37 heavy (non-hydrogen) atoms. The number of carbonyl (C=O) groups is 3. The first-order valence-electron chi connectivity index (χ1n) is 12.1. The van der Waals surface area contributed by atoms with Crippen molar-refractivity contribution in [1.82, 2.24) is 19.8 Å². The van der Waals surface area contributed by atoms with Gasteiger partial charge < -0.3 is 20.0 Å². The highest BCUT2D eigenvalue weighted by Gasteiger charge is 2.32. The highest BCUT2D eigenvalue weighted by atomic mass is 35.5. The van der Waals surface area contributed by atoms with E-state index in [9.17, 15) is 22.8 Å². The third-order valence-electron chi connectivity index (χ3n) is 6.44. The number of amides is 3. The summed E-state index contributed by atoms with van der Waals surface area (Å²) in [7, 11) is -2.20. The molecular weight excluding hydrogens is 538 g/mol. The van der Waals surface area contributed by atoms with Crippen molar-refractivity contribution < 1.29 is 22.8 Å². The Hall–Kier alpha value is -2.51. The quantitative estimate of drug-likeness (QED) is 0.502. The Bertz CT molecular complexity index is 1260. The van der Waals surface area contributed by atoms with E-state index in [0.717, 1.165) is 24.2 Å². The zero-order valence-corrected chi connectivity index (χ0v) is 22.9. The molecule has 3 amide bonds. The largest absolute Gasteiger partial charge is 0.349 e. The molecule has 0 aliphatic carbocycles. The van der Waals surface area contributed by atoms with E-state index >= 15 is 0 Å². The smallest absolute Gasteiger partial charge is 0.261 e. The number of hydrogen-bond acceptors (Lipinski definition) is 7. The van der Waals surface area contributed by atoms with E-state index in [2.05, 4.69) is 14.9 Å². The van der Waals surface area contributed by atoms with Gasteiger partial charge in [-0.1, -0.05) is 17.7 Å². The van der Waals surface area contributed by atoms with Gasteiger partial charge in [-0.15, -0.1) is 11.3 Å². The molecule has 2 N–H and O–H groups in total. The van der Waals surface area contributed by atoms with E-state index in [4.69, 9.17) is 11.6 Å². The number of carbonyl (C=O) groups excluding carboxylic acids is 3. The van der Waals surface area contributed by atoms with Gasteiger partial charge in [0.05, 0.1) is 14.1 Å². The van der Waals surface area contributed by atoms with Crippen molar-refractivity contribution in [3.05, 3.63) is 45.6 Å². The molecule has 1 aromatic carbocycles. The zero-order chi connectivity index (χ0) is 26.6. The van der Waals surface area contributed by atoms with Crippen LogP contribution in [0.25, 0.3) is 0 Å². The Morgan fingerprint density at radius 1 is 1.08 bits per heavy atom. The lowest BCUT2D eigenvalue weighted by Gasteiger charge is -2.34. The molecule has 2 fully saturated rings. The molecule has 10 nitrogen and oxygen atoms in total. The van der Waals surface area contributed by atoms with Gasteiger partial charge in [-0.05, 0) is 50.2 Å². The van der Waals surface area contributed by atoms with Crippen LogP contribution in [0.3, 0.4) is 0 Å². The molecule has 200 valence electrons. The van der Waals surface area contributed by atoms with Gasteiger partial charge in [-0.3, -0.25) is 14.4 Å². The van der Waals surface area contributed by atoms with Crippen LogP contribution in [0.1, 0.15) is 28.9 Å². The number of anilines is 1. The molecule has 2 saturated heterocycles. The van der Waals surface area contributed by atoms with Crippen LogP contribution >= 0.6 is 22.9 Å². The number of piperazine rings is 1. The van der Waals surface area contributed by atoms with Crippen LogP contribution in [0, 0.1) is 0 Å². The highest BCUT2D eigenvalue weighted by Crippen LogP contribution is 2.24. The topological polar surface area (TPSA) is 119 Å². The average molecular weight is 568 g/mol. The number of benzene rings is 1. The molecule has 2 aliphatic heterocycles. The maximum atomic E-state index is 13.4. The average Bonchev–Trinajstić information content (AvgIpc) is 3.33. The van der Waals surface area contributed by atoms with Crippen molar-refractivity contribution in [2.45, 2.75) is 30.2 Å². The summed E-state index contributed by atoms with van der Waals surface area (Å²) >= 11 is 7.01. The predicted molar refractivity (Wildman–Crippen MR) is 142 cm³/mol. The number of likely N-dealkylation sites (N-methyl/N-ethyl adjacent to an activating group) is 1. The van der Waals surface area contributed by atoms with Gasteiger partial charge >= 0.3 is 0 Å². The van der Waals surface area contributed by atoms with Crippen molar-refractivity contribution >= 4 is 56.4 Å². The van der Waals surface area contributed by atoms with E-state index in [1.54, 1.807) is 34.1 Å². The lowest BCUT2D eigenvalue weighted by atomic mass is 10.1. The Balaban J connectivity index is 1.53. The number of sulfonamides is 1. The zero-order valence-electron chi connectivity index (χ0n) is 20.5. The minimum Gasteiger partial charge on any atom is -0.349 e. The van der Waals surface area contributed by atoms with Crippen LogP contribution < -0.4 is 14.9 Å². The number of hydrogen-bond donors (Lipinski definition) is 2. The van der Waals surface area contributed by atoms with Crippen LogP contribution in [-0.4, -0.2) is 88.3 Å². The monoisotopic (exact) mass is 567 g/mol. The van der Waals surface area contributed by atoms with E-state index in [-0.39, 0.29) is 17.3 Å². The van der Waals surface area contributed by atoms with Crippen molar-refractivity contribution in [3.63, 3.8) is 0 Å². The lowest BCUT2D eigenvalue weighted by Crippen LogP contribution is -2.57. The molecule has 13 heteroatoms. The fraction of sp³-hybridized carbons (Fsp3) is 0.458. The summed E-state index contributed by atoms with van der Waals surface area (Å²) in [5.74, 6) is -0.908. The summed E-state index contributed by atoms with van der Waals surface area (Å²) < 4.78 is 29.7. The number of thiophene rings is 1. The fourth-order valence-corrected chi connectivity index (χ4v) is 6.49. The molecule has 4 rings (SSSR count). The molecule has 3 heterocycles. The van der Waals surface area contributed by atoms with E-state index in [1.807, 2.05) is 7.05 Å². The summed E-state index contributed by atoms with van der Waals surface area (Å²) in [5.41, 5.74) is 0.498. The van der Waals surface area contributed by atoms with Gasteiger partial charge in [0.15, 0.2) is 0 Å². The second-order valence-corrected chi connectivity index (χ2v) is 12.5. The van der Waals surface area contributed by atoms with Crippen LogP contribution in [0.4, 0.5) is 5.69 Å². The van der Waals surface area contributed by atoms with E-state index in [0.29, 0.717) is 54.0 Å². The van der Waals surface area contributed by atoms with E-state index < -0.39 is 27.9 Å². The number of halogens is 1. The Labute approximate surface area is 225 Å². The van der Waals surface area contributed by atoms with Gasteiger partial charge in [0.25, 0.3) is 5.91 Å². The molecule has 0 bridgehead atoms. The van der Waals surface area contributed by atoms with Crippen LogP contribution in [-0.2, 0) is 19.6 Å². The fourth-order valence-electron chi connectivity index (χ4n) is 4.30. The first-order valence-corrected chi connectivity index (χ1v) is 14.8. The summed E-state index contributed by atoms with van der Waals surface area (Å²) in [6, 6.07) is 8.08. The van der Waals surface area contributed by atoms with Gasteiger partial charge in [0.2, 0.25) is 21.8 Å². The highest BCUT2D eigenvalue weighted by molar-refractivity contribution is 7.89. The Morgan fingerprint density at radius 2 is 1.84 bits per heavy atom. The van der Waals surface area contributed by atoms with Gasteiger partial charge in [0.1, 0.15) is 6.04 Å². The van der Waals surface area contributed by atoms with Crippen LogP contribution in [0.2, 0.25) is 4.34 Å². The third-order valence-corrected chi connectivity index (χ3v) is 9.14. The summed E-state index contributed by atoms with van der Waals surface area (Å²) in [6.07, 6.45) is 2.08. The molecule has 1 aromatic heterocycles. The summed E-state index contributed by atoms with van der Waals surface area (Å²) in [5, 5.41) is 2.66. The minimum atomic E-state index is -4.16. The van der Waals surface area contributed by atoms with Gasteiger partial charge in [-0.2, -0.15) is 4.72 Å². The van der Waals surface area contributed by atoms with Crippen molar-refractivity contribution in [2.75, 3.05) is 51.2 Å². The number of piperidine rings is 1. The molecule has 0 saturated carbocycles. The molecule has 0 spiro atoms. The second kappa shape index (κ2) is 11.9.